The first-order valence-electron chi connectivity index (χ1n) is 11.6. The Morgan fingerprint density at radius 1 is 0.941 bits per heavy atom. The number of hydrogen-bond acceptors (Lipinski definition) is 3. The first-order chi connectivity index (χ1) is 16.5. The molecule has 0 saturated carbocycles. The van der Waals surface area contributed by atoms with E-state index < -0.39 is 8.32 Å². The molecule has 0 radical (unpaired) electrons. The average molecular weight is 542 g/mol. The Morgan fingerprint density at radius 3 is 1.91 bits per heavy atom. The molecule has 0 bridgehead atoms. The molecule has 1 N–H and O–H groups in total. The van der Waals surface area contributed by atoms with E-state index in [2.05, 4.69) is 124 Å². The molecule has 5 nitrogen and oxygen atoms in total. The van der Waals surface area contributed by atoms with Crippen LogP contribution < -0.4 is 10.4 Å². The van der Waals surface area contributed by atoms with Crippen molar-refractivity contribution in [1.29, 1.82) is 0 Å². The minimum atomic E-state index is -2.30. The van der Waals surface area contributed by atoms with Gasteiger partial charge in [-0.25, -0.2) is 9.97 Å². The Labute approximate surface area is 213 Å². The third kappa shape index (κ3) is 8.08. The molecule has 182 valence electrons. The molecule has 2 heterocycles. The van der Waals surface area contributed by atoms with Crippen molar-refractivity contribution in [3.05, 3.63) is 98.1 Å². The third-order valence-electron chi connectivity index (χ3n) is 5.26. The molecule has 0 unspecified atom stereocenters. The summed E-state index contributed by atoms with van der Waals surface area (Å²) in [5.74, 6) is 0. The molecule has 0 amide bonds. The maximum Gasteiger partial charge on any atom is 0.261 e. The zero-order chi connectivity index (χ0) is 24.7. The van der Waals surface area contributed by atoms with Crippen LogP contribution in [0.5, 0.6) is 0 Å². The van der Waals surface area contributed by atoms with Crippen molar-refractivity contribution >= 4 is 34.6 Å². The van der Waals surface area contributed by atoms with Gasteiger partial charge in [0, 0.05) is 43.3 Å². The van der Waals surface area contributed by atoms with Crippen molar-refractivity contribution in [3.8, 4) is 0 Å². The van der Waals surface area contributed by atoms with Crippen LogP contribution in [-0.4, -0.2) is 39.8 Å². The van der Waals surface area contributed by atoms with Gasteiger partial charge in [0.1, 0.15) is 0 Å². The van der Waals surface area contributed by atoms with Crippen LogP contribution in [0, 0.1) is 0 Å². The first-order valence-corrected chi connectivity index (χ1v) is 14.7. The molecular formula is C27H37BrN4OSi. The molecule has 2 aromatic heterocycles. The Hall–Kier alpha value is -2.48. The van der Waals surface area contributed by atoms with Crippen molar-refractivity contribution in [2.75, 3.05) is 11.9 Å². The van der Waals surface area contributed by atoms with Crippen LogP contribution in [0.25, 0.3) is 0 Å². The van der Waals surface area contributed by atoms with E-state index in [4.69, 9.17) is 4.43 Å². The van der Waals surface area contributed by atoms with Crippen LogP contribution in [0.1, 0.15) is 34.1 Å². The Morgan fingerprint density at radius 2 is 1.56 bits per heavy atom. The summed E-state index contributed by atoms with van der Waals surface area (Å²) in [6.45, 7) is 10.9. The van der Waals surface area contributed by atoms with Crippen molar-refractivity contribution in [1.82, 2.24) is 19.5 Å². The summed E-state index contributed by atoms with van der Waals surface area (Å²) in [5.41, 5.74) is 0. The summed E-state index contributed by atoms with van der Waals surface area (Å²) < 4.78 is 8.68. The fourth-order valence-corrected chi connectivity index (χ4v) is 8.87. The highest BCUT2D eigenvalue weighted by molar-refractivity contribution is 9.09. The Kier molecular flexibility index (Phi) is 12.0. The highest BCUT2D eigenvalue weighted by Crippen LogP contribution is 2.36. The molecule has 0 saturated heterocycles. The molecule has 0 aliphatic heterocycles. The Bertz CT molecular complexity index is 932. The number of halogens is 1. The van der Waals surface area contributed by atoms with Crippen LogP contribution in [0.4, 0.5) is 0 Å². The van der Waals surface area contributed by atoms with Crippen molar-refractivity contribution < 1.29 is 4.43 Å². The van der Waals surface area contributed by atoms with E-state index in [1.165, 1.54) is 16.8 Å². The summed E-state index contributed by atoms with van der Waals surface area (Å²) in [6.07, 6.45) is 11.9. The van der Waals surface area contributed by atoms with E-state index >= 15 is 0 Å². The van der Waals surface area contributed by atoms with Crippen molar-refractivity contribution in [3.63, 3.8) is 0 Å². The van der Waals surface area contributed by atoms with Crippen molar-refractivity contribution in [2.24, 2.45) is 0 Å². The number of nitrogens with zero attached hydrogens (tertiary/aromatic N) is 3. The van der Waals surface area contributed by atoms with Gasteiger partial charge in [0.15, 0.2) is 0 Å². The number of imidazole rings is 2. The predicted molar refractivity (Wildman–Crippen MR) is 148 cm³/mol. The second kappa shape index (κ2) is 14.7. The molecule has 4 rings (SSSR count). The van der Waals surface area contributed by atoms with Crippen LogP contribution in [0.2, 0.25) is 5.04 Å². The summed E-state index contributed by atoms with van der Waals surface area (Å²) in [5, 5.41) is 3.60. The molecular weight excluding hydrogens is 504 g/mol. The lowest BCUT2D eigenvalue weighted by molar-refractivity contribution is 0.323. The first kappa shape index (κ1) is 27.8. The summed E-state index contributed by atoms with van der Waals surface area (Å²) in [4.78, 5) is 10.3. The molecule has 7 heteroatoms. The lowest BCUT2D eigenvalue weighted by Gasteiger charge is -2.43. The minimum absolute atomic E-state index is 0.0673. The SMILES string of the molecule is CC(C)(C)[Si](OCCBr)(c1ccccc1)c1ccccc1.CCCn1ccnc1.c1c[nH]cn1. The lowest BCUT2D eigenvalue weighted by Crippen LogP contribution is -2.66. The maximum absolute atomic E-state index is 6.61. The normalized spacial score (nSPS) is 11.1. The summed E-state index contributed by atoms with van der Waals surface area (Å²) in [6, 6.07) is 21.5. The largest absolute Gasteiger partial charge is 0.407 e. The quantitative estimate of drug-likeness (QED) is 0.243. The smallest absolute Gasteiger partial charge is 0.261 e. The Balaban J connectivity index is 0.000000253. The van der Waals surface area contributed by atoms with Gasteiger partial charge in [-0.3, -0.25) is 0 Å². The van der Waals surface area contributed by atoms with E-state index in [1.54, 1.807) is 24.9 Å². The monoisotopic (exact) mass is 540 g/mol. The van der Waals surface area contributed by atoms with Gasteiger partial charge >= 0.3 is 0 Å². The number of rotatable bonds is 7. The molecule has 0 aliphatic carbocycles. The molecule has 4 aromatic rings. The zero-order valence-corrected chi connectivity index (χ0v) is 23.3. The van der Waals surface area contributed by atoms with Gasteiger partial charge in [0.25, 0.3) is 8.32 Å². The van der Waals surface area contributed by atoms with Crippen molar-refractivity contribution in [2.45, 2.75) is 45.7 Å². The number of H-pyrrole nitrogens is 1. The number of alkyl halides is 1. The third-order valence-corrected chi connectivity index (χ3v) is 10.6. The van der Waals surface area contributed by atoms with Crippen LogP contribution in [0.15, 0.2) is 98.1 Å². The van der Waals surface area contributed by atoms with Crippen LogP contribution >= 0.6 is 15.9 Å². The molecule has 2 aromatic carbocycles. The number of hydrogen-bond donors (Lipinski definition) is 1. The van der Waals surface area contributed by atoms with E-state index in [9.17, 15) is 0 Å². The lowest BCUT2D eigenvalue weighted by atomic mass is 10.2. The van der Waals surface area contributed by atoms with E-state index in [1.807, 2.05) is 12.5 Å². The zero-order valence-electron chi connectivity index (χ0n) is 20.7. The fraction of sp³-hybridized carbons (Fsp3) is 0.333. The predicted octanol–water partition coefficient (Wildman–Crippen LogP) is 5.66. The summed E-state index contributed by atoms with van der Waals surface area (Å²) >= 11 is 3.51. The molecule has 0 aliphatic rings. The van der Waals surface area contributed by atoms with E-state index in [0.717, 1.165) is 18.5 Å². The number of aromatic amines is 1. The van der Waals surface area contributed by atoms with Gasteiger partial charge < -0.3 is 14.0 Å². The van der Waals surface area contributed by atoms with Gasteiger partial charge in [0.2, 0.25) is 0 Å². The van der Waals surface area contributed by atoms with E-state index in [0.29, 0.717) is 0 Å². The van der Waals surface area contributed by atoms with Crippen LogP contribution in [-0.2, 0) is 11.0 Å². The number of aromatic nitrogens is 4. The van der Waals surface area contributed by atoms with Gasteiger partial charge in [-0.2, -0.15) is 0 Å². The number of benzene rings is 2. The second-order valence-corrected chi connectivity index (χ2v) is 13.9. The van der Waals surface area contributed by atoms with Gasteiger partial charge in [-0.1, -0.05) is 104 Å². The van der Waals surface area contributed by atoms with Gasteiger partial charge in [0.05, 0.1) is 12.7 Å². The molecule has 0 spiro atoms. The molecule has 34 heavy (non-hydrogen) atoms. The van der Waals surface area contributed by atoms with Gasteiger partial charge in [-0.05, 0) is 21.8 Å². The standard InChI is InChI=1S/C18H23BrOSi.C6H10N2.C3H4N2/c1-18(2,3)21(20-15-14-19,16-10-6-4-7-11-16)17-12-8-5-9-13-17;1-2-4-8-5-3-7-6-8;1-2-5-3-4-1/h4-13H,14-15H2,1-3H3;3,5-6H,2,4H2,1H3;1-3H,(H,4,5). The fourth-order valence-electron chi connectivity index (χ4n) is 3.85. The van der Waals surface area contributed by atoms with Gasteiger partial charge in [-0.15, -0.1) is 0 Å². The molecule has 0 fully saturated rings. The minimum Gasteiger partial charge on any atom is -0.407 e. The maximum atomic E-state index is 6.61. The molecule has 0 atom stereocenters. The highest BCUT2D eigenvalue weighted by atomic mass is 79.9. The number of aryl methyl sites for hydroxylation is 1. The topological polar surface area (TPSA) is 55.7 Å². The average Bonchev–Trinajstić information content (AvgIpc) is 3.58. The van der Waals surface area contributed by atoms with Crippen LogP contribution in [0.3, 0.4) is 0 Å². The second-order valence-electron chi connectivity index (χ2n) is 8.76. The highest BCUT2D eigenvalue weighted by Gasteiger charge is 2.49. The number of nitrogens with one attached hydrogen (secondary N) is 1. The van der Waals surface area contributed by atoms with E-state index in [-0.39, 0.29) is 5.04 Å². The summed E-state index contributed by atoms with van der Waals surface area (Å²) in [7, 11) is -2.30.